The highest BCUT2D eigenvalue weighted by molar-refractivity contribution is 6.35. The normalized spacial score (nSPS) is 17.3. The second-order valence-corrected chi connectivity index (χ2v) is 17.6. The Kier molecular flexibility index (Phi) is 9.24. The highest BCUT2D eigenvalue weighted by Crippen LogP contribution is 2.53. The van der Waals surface area contributed by atoms with Gasteiger partial charge in [0.05, 0.1) is 33.6 Å². The summed E-state index contributed by atoms with van der Waals surface area (Å²) in [7, 11) is 0. The first-order valence-electron chi connectivity index (χ1n) is 20.5. The maximum atomic E-state index is 13.7. The van der Waals surface area contributed by atoms with E-state index in [9.17, 15) is 28.8 Å². The van der Waals surface area contributed by atoms with Gasteiger partial charge in [0.1, 0.15) is 0 Å². The second-order valence-electron chi connectivity index (χ2n) is 17.6. The van der Waals surface area contributed by atoms with Gasteiger partial charge < -0.3 is 10.6 Å². The zero-order valence-electron chi connectivity index (χ0n) is 35.5. The molecule has 6 aromatic rings. The van der Waals surface area contributed by atoms with Crippen LogP contribution in [0.1, 0.15) is 128 Å². The number of amides is 6. The van der Waals surface area contributed by atoms with Crippen molar-refractivity contribution in [2.24, 2.45) is 0 Å². The quantitative estimate of drug-likeness (QED) is 0.154. The largest absolute Gasteiger partial charge is 0.322 e. The number of rotatable bonds is 7. The van der Waals surface area contributed by atoms with Crippen LogP contribution in [0.25, 0.3) is 0 Å². The van der Waals surface area contributed by atoms with E-state index >= 15 is 0 Å². The Balaban J connectivity index is 0.915. The molecule has 2 heterocycles. The number of imide groups is 2. The van der Waals surface area contributed by atoms with Gasteiger partial charge in [-0.05, 0) is 163 Å². The zero-order chi connectivity index (χ0) is 44.0. The highest BCUT2D eigenvalue weighted by atomic mass is 16.2. The van der Waals surface area contributed by atoms with Crippen LogP contribution in [-0.4, -0.2) is 35.4 Å². The Hall–Kier alpha value is -7.46. The van der Waals surface area contributed by atoms with E-state index in [0.29, 0.717) is 22.7 Å². The maximum Gasteiger partial charge on any atom is 0.266 e. The number of hydrogen-bond donors (Lipinski definition) is 2. The van der Waals surface area contributed by atoms with Gasteiger partial charge in [0.15, 0.2) is 0 Å². The molecule has 0 bridgehead atoms. The number of aryl methyl sites for hydroxylation is 4. The monoisotopic (exact) mass is 820 g/mol. The van der Waals surface area contributed by atoms with Crippen molar-refractivity contribution in [2.45, 2.75) is 65.7 Å². The van der Waals surface area contributed by atoms with Crippen LogP contribution in [0.2, 0.25) is 0 Å². The molecule has 0 fully saturated rings. The molecule has 0 radical (unpaired) electrons. The molecule has 6 amide bonds. The minimum absolute atomic E-state index is 0.182. The molecule has 1 aliphatic carbocycles. The van der Waals surface area contributed by atoms with E-state index in [2.05, 4.69) is 31.4 Å². The Bertz CT molecular complexity index is 3000. The smallest absolute Gasteiger partial charge is 0.266 e. The van der Waals surface area contributed by atoms with Gasteiger partial charge in [0.25, 0.3) is 35.4 Å². The molecule has 3 aliphatic rings. The van der Waals surface area contributed by atoms with Crippen LogP contribution in [0.5, 0.6) is 0 Å². The number of anilines is 4. The fourth-order valence-electron chi connectivity index (χ4n) is 9.29. The summed E-state index contributed by atoms with van der Waals surface area (Å²) < 4.78 is 0. The zero-order valence-corrected chi connectivity index (χ0v) is 35.5. The molecule has 10 heteroatoms. The Morgan fingerprint density at radius 1 is 0.468 bits per heavy atom. The molecule has 0 saturated heterocycles. The van der Waals surface area contributed by atoms with E-state index in [1.807, 2.05) is 94.4 Å². The Morgan fingerprint density at radius 3 is 1.40 bits per heavy atom. The van der Waals surface area contributed by atoms with E-state index in [4.69, 9.17) is 0 Å². The van der Waals surface area contributed by atoms with Crippen LogP contribution in [0.15, 0.2) is 115 Å². The fourth-order valence-corrected chi connectivity index (χ4v) is 9.29. The van der Waals surface area contributed by atoms with Crippen LogP contribution in [0.4, 0.5) is 22.7 Å². The van der Waals surface area contributed by atoms with Crippen LogP contribution in [0.3, 0.4) is 0 Å². The predicted octanol–water partition coefficient (Wildman–Crippen LogP) is 10.0. The van der Waals surface area contributed by atoms with E-state index in [0.717, 1.165) is 55.2 Å². The number of nitrogens with zero attached hydrogens (tertiary/aromatic N) is 2. The third-order valence-corrected chi connectivity index (χ3v) is 13.0. The lowest BCUT2D eigenvalue weighted by Crippen LogP contribution is -2.29. The van der Waals surface area contributed by atoms with E-state index < -0.39 is 40.9 Å². The van der Waals surface area contributed by atoms with Gasteiger partial charge in [-0.3, -0.25) is 28.8 Å². The minimum Gasteiger partial charge on any atom is -0.322 e. The number of carbonyl (C=O) groups is 6. The van der Waals surface area contributed by atoms with Gasteiger partial charge in [-0.2, -0.15) is 0 Å². The standard InChI is InChI=1S/C52H44N4O6/c1-28-8-17-37(22-30(28)3)55-47(59)39-19-10-32(24-41(39)49(55)61)45(57)53-35-14-12-34(13-15-35)52(7)27-51(5,6)43-21-16-36(26-44(43)52)54-46(58)33-11-20-40-42(25-33)50(62)56(48(40)60)38-18-9-29(2)31(4)23-38/h8-26H,27H2,1-7H3,(H,53,57)(H,54,58). The van der Waals surface area contributed by atoms with Crippen molar-refractivity contribution in [1.82, 2.24) is 0 Å². The molecule has 0 saturated carbocycles. The van der Waals surface area contributed by atoms with Crippen LogP contribution < -0.4 is 20.4 Å². The molecule has 0 aromatic heterocycles. The lowest BCUT2D eigenvalue weighted by atomic mass is 9.75. The average Bonchev–Trinajstić information content (AvgIpc) is 3.74. The van der Waals surface area contributed by atoms with Gasteiger partial charge in [-0.25, -0.2) is 9.80 Å². The molecule has 0 spiro atoms. The average molecular weight is 821 g/mol. The summed E-state index contributed by atoms with van der Waals surface area (Å²) in [5, 5.41) is 5.96. The summed E-state index contributed by atoms with van der Waals surface area (Å²) in [4.78, 5) is 83.1. The van der Waals surface area contributed by atoms with Crippen molar-refractivity contribution < 1.29 is 28.8 Å². The number of fused-ring (bicyclic) bond motifs is 3. The molecule has 6 aromatic carbocycles. The highest BCUT2D eigenvalue weighted by Gasteiger charge is 2.46. The first-order chi connectivity index (χ1) is 29.4. The molecule has 1 unspecified atom stereocenters. The van der Waals surface area contributed by atoms with E-state index in [1.54, 1.807) is 24.3 Å². The Labute approximate surface area is 359 Å². The number of nitrogens with one attached hydrogen (secondary N) is 2. The van der Waals surface area contributed by atoms with E-state index in [-0.39, 0.29) is 38.8 Å². The van der Waals surface area contributed by atoms with Crippen LogP contribution >= 0.6 is 0 Å². The van der Waals surface area contributed by atoms with Crippen molar-refractivity contribution in [2.75, 3.05) is 20.4 Å². The summed E-state index contributed by atoms with van der Waals surface area (Å²) in [6.45, 7) is 14.3. The summed E-state index contributed by atoms with van der Waals surface area (Å²) in [6, 6.07) is 33.6. The third kappa shape index (κ3) is 6.41. The van der Waals surface area contributed by atoms with Gasteiger partial charge >= 0.3 is 0 Å². The molecule has 2 aliphatic heterocycles. The predicted molar refractivity (Wildman–Crippen MR) is 240 cm³/mol. The van der Waals surface area contributed by atoms with Crippen LogP contribution in [-0.2, 0) is 10.8 Å². The second kappa shape index (κ2) is 14.3. The molecule has 9 rings (SSSR count). The Morgan fingerprint density at radius 2 is 0.919 bits per heavy atom. The number of carbonyl (C=O) groups excluding carboxylic acids is 6. The first-order valence-corrected chi connectivity index (χ1v) is 20.5. The van der Waals surface area contributed by atoms with Crippen molar-refractivity contribution in [3.63, 3.8) is 0 Å². The number of hydrogen-bond acceptors (Lipinski definition) is 6. The summed E-state index contributed by atoms with van der Waals surface area (Å²) in [5.74, 6) is -2.61. The van der Waals surface area contributed by atoms with Gasteiger partial charge in [-0.15, -0.1) is 0 Å². The molecule has 1 atom stereocenters. The third-order valence-electron chi connectivity index (χ3n) is 13.0. The van der Waals surface area contributed by atoms with Gasteiger partial charge in [0, 0.05) is 27.9 Å². The molecular formula is C52H44N4O6. The van der Waals surface area contributed by atoms with Crippen LogP contribution in [0, 0.1) is 27.7 Å². The van der Waals surface area contributed by atoms with Gasteiger partial charge in [0.2, 0.25) is 0 Å². The maximum absolute atomic E-state index is 13.7. The lowest BCUT2D eigenvalue weighted by Gasteiger charge is -2.29. The van der Waals surface area contributed by atoms with Gasteiger partial charge in [-0.1, -0.05) is 51.1 Å². The minimum atomic E-state index is -0.471. The fraction of sp³-hybridized carbons (Fsp3) is 0.192. The first kappa shape index (κ1) is 40.0. The number of benzene rings is 6. The topological polar surface area (TPSA) is 133 Å². The van der Waals surface area contributed by atoms with Crippen molar-refractivity contribution in [3.8, 4) is 0 Å². The summed E-state index contributed by atoms with van der Waals surface area (Å²) in [6.07, 6.45) is 0.789. The summed E-state index contributed by atoms with van der Waals surface area (Å²) in [5.41, 5.74) is 10.1. The lowest BCUT2D eigenvalue weighted by molar-refractivity contribution is 0.0910. The van der Waals surface area contributed by atoms with Crippen molar-refractivity contribution in [3.05, 3.63) is 188 Å². The van der Waals surface area contributed by atoms with Crippen molar-refractivity contribution >= 4 is 58.2 Å². The van der Waals surface area contributed by atoms with Crippen molar-refractivity contribution in [1.29, 1.82) is 0 Å². The SMILES string of the molecule is Cc1ccc(N2C(=O)c3ccc(C(=O)Nc4ccc(C5(C)CC(C)(C)c6ccc(NC(=O)c7ccc8c(c7)C(=O)N(c7ccc(C)c(C)c7)C8=O)cc65)cc4)cc3C2=O)cc1C. The molecule has 308 valence electrons. The van der Waals surface area contributed by atoms with E-state index in [1.165, 1.54) is 24.3 Å². The molecule has 10 nitrogen and oxygen atoms in total. The molecule has 62 heavy (non-hydrogen) atoms. The molecule has 2 N–H and O–H groups in total. The summed E-state index contributed by atoms with van der Waals surface area (Å²) >= 11 is 0. The molecular weight excluding hydrogens is 777 g/mol.